The minimum absolute atomic E-state index is 0.238. The van der Waals surface area contributed by atoms with Crippen molar-refractivity contribution in [2.24, 2.45) is 0 Å². The summed E-state index contributed by atoms with van der Waals surface area (Å²) in [5.74, 6) is 1.46. The molecule has 0 fully saturated rings. The van der Waals surface area contributed by atoms with Gasteiger partial charge >= 0.3 is 0 Å². The maximum absolute atomic E-state index is 13.1. The van der Waals surface area contributed by atoms with Gasteiger partial charge in [-0.2, -0.15) is 0 Å². The van der Waals surface area contributed by atoms with Crippen molar-refractivity contribution in [2.75, 3.05) is 26.6 Å². The van der Waals surface area contributed by atoms with Gasteiger partial charge in [0.1, 0.15) is 17.2 Å². The number of hydrogen-bond donors (Lipinski definition) is 2. The number of aromatic amines is 1. The highest BCUT2D eigenvalue weighted by Gasteiger charge is 2.13. The molecule has 0 radical (unpaired) electrons. The number of benzene rings is 3. The second-order valence-corrected chi connectivity index (χ2v) is 7.84. The first kappa shape index (κ1) is 23.1. The van der Waals surface area contributed by atoms with Gasteiger partial charge in [-0.05, 0) is 60.2 Å². The van der Waals surface area contributed by atoms with E-state index in [1.54, 1.807) is 50.6 Å². The summed E-state index contributed by atoms with van der Waals surface area (Å²) < 4.78 is 17.5. The average molecular weight is 478 g/mol. The van der Waals surface area contributed by atoms with E-state index in [2.05, 4.69) is 10.3 Å². The van der Waals surface area contributed by atoms with Gasteiger partial charge in [0.25, 0.3) is 11.5 Å². The van der Waals surface area contributed by atoms with Gasteiger partial charge in [-0.3, -0.25) is 14.2 Å². The van der Waals surface area contributed by atoms with Crippen LogP contribution in [0.15, 0.2) is 65.5 Å². The monoisotopic (exact) mass is 477 g/mol. The number of carbonyl (C=O) groups excluding carboxylic acids is 1. The summed E-state index contributed by atoms with van der Waals surface area (Å²) in [4.78, 5) is 29.1. The lowest BCUT2D eigenvalue weighted by Crippen LogP contribution is -2.23. The molecule has 1 heterocycles. The van der Waals surface area contributed by atoms with E-state index in [1.807, 2.05) is 24.3 Å². The fourth-order valence-electron chi connectivity index (χ4n) is 3.55. The van der Waals surface area contributed by atoms with Crippen LogP contribution in [0.4, 0.5) is 5.69 Å². The van der Waals surface area contributed by atoms with E-state index in [0.29, 0.717) is 40.2 Å². The van der Waals surface area contributed by atoms with Crippen molar-refractivity contribution in [3.05, 3.63) is 86.9 Å². The molecule has 0 bridgehead atoms. The highest BCUT2D eigenvalue weighted by Crippen LogP contribution is 2.29. The van der Waals surface area contributed by atoms with Gasteiger partial charge < -0.3 is 24.5 Å². The molecule has 0 aliphatic rings. The third-order valence-electron chi connectivity index (χ3n) is 5.40. The zero-order valence-electron chi connectivity index (χ0n) is 18.9. The summed E-state index contributed by atoms with van der Waals surface area (Å²) in [6, 6.07) is 17.3. The molecule has 2 N–H and O–H groups in total. The molecular formula is C25H23N3O5S. The summed E-state index contributed by atoms with van der Waals surface area (Å²) in [5, 5.41) is 3.25. The molecule has 0 aliphatic carbocycles. The number of nitrogens with one attached hydrogen (secondary N) is 2. The van der Waals surface area contributed by atoms with Crippen LogP contribution in [0, 0.1) is 4.77 Å². The molecule has 1 aromatic heterocycles. The summed E-state index contributed by atoms with van der Waals surface area (Å²) in [6.45, 7) is 0.313. The van der Waals surface area contributed by atoms with Crippen molar-refractivity contribution >= 4 is 34.7 Å². The Morgan fingerprint density at radius 3 is 2.32 bits per heavy atom. The minimum atomic E-state index is -0.355. The molecule has 3 aromatic carbocycles. The molecule has 8 nitrogen and oxygen atoms in total. The predicted molar refractivity (Wildman–Crippen MR) is 133 cm³/mol. The summed E-state index contributed by atoms with van der Waals surface area (Å²) in [7, 11) is 4.66. The number of H-pyrrole nitrogens is 1. The first-order valence-corrected chi connectivity index (χ1v) is 10.8. The molecule has 0 saturated heterocycles. The van der Waals surface area contributed by atoms with Crippen LogP contribution in [-0.4, -0.2) is 36.8 Å². The van der Waals surface area contributed by atoms with Crippen molar-refractivity contribution in [2.45, 2.75) is 6.54 Å². The molecule has 9 heteroatoms. The number of rotatable bonds is 7. The van der Waals surface area contributed by atoms with Gasteiger partial charge in [0.2, 0.25) is 0 Å². The van der Waals surface area contributed by atoms with E-state index in [1.165, 1.54) is 11.7 Å². The van der Waals surface area contributed by atoms with E-state index < -0.39 is 0 Å². The van der Waals surface area contributed by atoms with Crippen LogP contribution in [0.2, 0.25) is 0 Å². The fraction of sp³-hybridized carbons (Fsp3) is 0.160. The number of hydrogen-bond acceptors (Lipinski definition) is 6. The second kappa shape index (κ2) is 9.80. The maximum atomic E-state index is 13.1. The Hall–Kier alpha value is -4.11. The van der Waals surface area contributed by atoms with Crippen LogP contribution < -0.4 is 25.1 Å². The number of carbonyl (C=O) groups is 1. The Labute approximate surface area is 200 Å². The molecule has 4 aromatic rings. The minimum Gasteiger partial charge on any atom is -0.497 e. The fourth-order valence-corrected chi connectivity index (χ4v) is 3.81. The van der Waals surface area contributed by atoms with Gasteiger partial charge in [0, 0.05) is 11.6 Å². The summed E-state index contributed by atoms with van der Waals surface area (Å²) >= 11 is 5.44. The molecule has 0 spiro atoms. The first-order chi connectivity index (χ1) is 16.4. The lowest BCUT2D eigenvalue weighted by Gasteiger charge is -2.12. The normalized spacial score (nSPS) is 10.7. The largest absolute Gasteiger partial charge is 0.497 e. The van der Waals surface area contributed by atoms with Crippen LogP contribution in [0.5, 0.6) is 17.2 Å². The molecule has 0 aliphatic heterocycles. The number of fused-ring (bicyclic) bond motifs is 1. The van der Waals surface area contributed by atoms with Crippen molar-refractivity contribution in [1.29, 1.82) is 0 Å². The number of methoxy groups -OCH3 is 3. The lowest BCUT2D eigenvalue weighted by atomic mass is 10.1. The topological polar surface area (TPSA) is 94.6 Å². The number of anilines is 1. The molecule has 0 saturated carbocycles. The molecular weight excluding hydrogens is 454 g/mol. The molecule has 0 atom stereocenters. The van der Waals surface area contributed by atoms with Crippen molar-refractivity contribution in [3.8, 4) is 17.2 Å². The van der Waals surface area contributed by atoms with Gasteiger partial charge in [-0.15, -0.1) is 0 Å². The van der Waals surface area contributed by atoms with Crippen LogP contribution in [0.25, 0.3) is 10.9 Å². The number of ether oxygens (including phenoxy) is 3. The SMILES string of the molecule is COc1ccc(Cn2c(=S)[nH]c3cc(C(=O)Nc4ccc(OC)cc4OC)ccc3c2=O)cc1. The maximum Gasteiger partial charge on any atom is 0.262 e. The molecule has 0 unspecified atom stereocenters. The highest BCUT2D eigenvalue weighted by molar-refractivity contribution is 7.71. The first-order valence-electron chi connectivity index (χ1n) is 10.4. The Kier molecular flexibility index (Phi) is 6.65. The third-order valence-corrected chi connectivity index (χ3v) is 5.72. The highest BCUT2D eigenvalue weighted by atomic mass is 32.1. The standard InChI is InChI=1S/C25H23N3O5S/c1-31-17-7-4-15(5-8-17)14-28-24(30)19-10-6-16(12-21(19)27-25(28)34)23(29)26-20-11-9-18(32-2)13-22(20)33-3/h4-13H,14H2,1-3H3,(H,26,29)(H,27,34). The molecule has 174 valence electrons. The number of amides is 1. The Morgan fingerprint density at radius 1 is 0.941 bits per heavy atom. The van der Waals surface area contributed by atoms with Crippen LogP contribution in [0.1, 0.15) is 15.9 Å². The molecule has 34 heavy (non-hydrogen) atoms. The Morgan fingerprint density at radius 2 is 1.65 bits per heavy atom. The second-order valence-electron chi connectivity index (χ2n) is 7.45. The van der Waals surface area contributed by atoms with Crippen LogP contribution in [0.3, 0.4) is 0 Å². The zero-order chi connectivity index (χ0) is 24.2. The smallest absolute Gasteiger partial charge is 0.262 e. The Balaban J connectivity index is 1.63. The quantitative estimate of drug-likeness (QED) is 0.384. The van der Waals surface area contributed by atoms with Crippen molar-refractivity contribution in [1.82, 2.24) is 9.55 Å². The predicted octanol–water partition coefficient (Wildman–Crippen LogP) is 4.39. The zero-order valence-corrected chi connectivity index (χ0v) is 19.7. The lowest BCUT2D eigenvalue weighted by molar-refractivity contribution is 0.102. The third kappa shape index (κ3) is 4.65. The molecule has 4 rings (SSSR count). The van der Waals surface area contributed by atoms with Crippen LogP contribution in [-0.2, 0) is 6.54 Å². The van der Waals surface area contributed by atoms with Crippen LogP contribution >= 0.6 is 12.2 Å². The van der Waals surface area contributed by atoms with Gasteiger partial charge in [0.05, 0.1) is 44.5 Å². The average Bonchev–Trinajstić information content (AvgIpc) is 2.86. The number of aromatic nitrogens is 2. The van der Waals surface area contributed by atoms with E-state index in [0.717, 1.165) is 11.3 Å². The van der Waals surface area contributed by atoms with Crippen molar-refractivity contribution < 1.29 is 19.0 Å². The Bertz CT molecular complexity index is 1480. The van der Waals surface area contributed by atoms with E-state index in [4.69, 9.17) is 26.4 Å². The van der Waals surface area contributed by atoms with Crippen molar-refractivity contribution in [3.63, 3.8) is 0 Å². The van der Waals surface area contributed by atoms with Gasteiger partial charge in [-0.25, -0.2) is 0 Å². The van der Waals surface area contributed by atoms with E-state index in [-0.39, 0.29) is 16.2 Å². The van der Waals surface area contributed by atoms with E-state index in [9.17, 15) is 9.59 Å². The summed E-state index contributed by atoms with van der Waals surface area (Å²) in [5.41, 5.74) is 2.01. The van der Waals surface area contributed by atoms with E-state index >= 15 is 0 Å². The summed E-state index contributed by atoms with van der Waals surface area (Å²) in [6.07, 6.45) is 0. The van der Waals surface area contributed by atoms with Gasteiger partial charge in [-0.1, -0.05) is 12.1 Å². The number of nitrogens with zero attached hydrogens (tertiary/aromatic N) is 1. The molecule has 1 amide bonds. The van der Waals surface area contributed by atoms with Gasteiger partial charge in [0.15, 0.2) is 4.77 Å².